The predicted molar refractivity (Wildman–Crippen MR) is 76.6 cm³/mol. The molecular weight excluding hydrogens is 256 g/mol. The summed E-state index contributed by atoms with van der Waals surface area (Å²) >= 11 is 0. The summed E-state index contributed by atoms with van der Waals surface area (Å²) in [6.45, 7) is 3.58. The summed E-state index contributed by atoms with van der Waals surface area (Å²) in [6, 6.07) is 7.89. The van der Waals surface area contributed by atoms with Gasteiger partial charge in [0.15, 0.2) is 0 Å². The van der Waals surface area contributed by atoms with E-state index in [2.05, 4.69) is 10.8 Å². The van der Waals surface area contributed by atoms with Gasteiger partial charge in [0.2, 0.25) is 0 Å². The third-order valence-corrected chi connectivity index (χ3v) is 2.99. The molecule has 0 aliphatic rings. The predicted octanol–water partition coefficient (Wildman–Crippen LogP) is 1.88. The molecule has 0 fully saturated rings. The van der Waals surface area contributed by atoms with Crippen molar-refractivity contribution in [3.8, 4) is 6.07 Å². The van der Waals surface area contributed by atoms with Crippen molar-refractivity contribution in [1.82, 2.24) is 0 Å². The molecule has 0 unspecified atom stereocenters. The zero-order chi connectivity index (χ0) is 15.0. The number of nitriles is 1. The molecule has 0 aromatic heterocycles. The second-order valence-corrected chi connectivity index (χ2v) is 4.44. The summed E-state index contributed by atoms with van der Waals surface area (Å²) in [5.74, 6) is -0.266. The van der Waals surface area contributed by atoms with Crippen molar-refractivity contribution in [2.45, 2.75) is 13.3 Å². The molecule has 5 nitrogen and oxygen atoms in total. The van der Waals surface area contributed by atoms with Crippen LogP contribution >= 0.6 is 0 Å². The van der Waals surface area contributed by atoms with E-state index in [0.717, 1.165) is 11.3 Å². The molecule has 0 aliphatic carbocycles. The van der Waals surface area contributed by atoms with Crippen LogP contribution in [0.2, 0.25) is 0 Å². The van der Waals surface area contributed by atoms with Crippen molar-refractivity contribution in [1.29, 1.82) is 5.26 Å². The number of nitrogens with zero attached hydrogens (tertiary/aromatic N) is 2. The Balaban J connectivity index is 2.92. The zero-order valence-electron chi connectivity index (χ0n) is 12.2. The van der Waals surface area contributed by atoms with Crippen LogP contribution in [0.1, 0.15) is 17.5 Å². The number of carbonyl (C=O) groups is 1. The van der Waals surface area contributed by atoms with Crippen molar-refractivity contribution in [2.75, 3.05) is 38.8 Å². The molecule has 1 rings (SSSR count). The quantitative estimate of drug-likeness (QED) is 0.712. The number of ether oxygens (including phenoxy) is 2. The number of esters is 1. The Morgan fingerprint density at radius 2 is 2.10 bits per heavy atom. The normalized spacial score (nSPS) is 9.90. The summed E-state index contributed by atoms with van der Waals surface area (Å²) < 4.78 is 9.74. The molecule has 108 valence electrons. The molecule has 0 amide bonds. The third kappa shape index (κ3) is 4.56. The molecule has 0 aliphatic heterocycles. The number of methoxy groups -OCH3 is 2. The monoisotopic (exact) mass is 276 g/mol. The van der Waals surface area contributed by atoms with Crippen molar-refractivity contribution < 1.29 is 14.3 Å². The first-order chi connectivity index (χ1) is 9.62. The molecule has 0 bridgehead atoms. The summed E-state index contributed by atoms with van der Waals surface area (Å²) in [5, 5.41) is 9.24. The van der Waals surface area contributed by atoms with Crippen molar-refractivity contribution >= 4 is 11.7 Å². The van der Waals surface area contributed by atoms with Gasteiger partial charge in [-0.1, -0.05) is 6.07 Å². The zero-order valence-corrected chi connectivity index (χ0v) is 12.2. The van der Waals surface area contributed by atoms with Crippen LogP contribution in [0.4, 0.5) is 5.69 Å². The molecule has 0 N–H and O–H groups in total. The highest BCUT2D eigenvalue weighted by Gasteiger charge is 2.13. The molecule has 1 aromatic carbocycles. The fraction of sp³-hybridized carbons (Fsp3) is 0.467. The second kappa shape index (κ2) is 8.18. The highest BCUT2D eigenvalue weighted by Crippen LogP contribution is 2.21. The fourth-order valence-corrected chi connectivity index (χ4v) is 1.90. The highest BCUT2D eigenvalue weighted by atomic mass is 16.5. The van der Waals surface area contributed by atoms with Gasteiger partial charge in [0.1, 0.15) is 6.07 Å². The standard InChI is InChI=1S/C15H20N2O3/c1-12-4-5-14(13(10-12)11-16)17(8-9-19-2)7-6-15(18)20-3/h4-5,10H,6-9H2,1-3H3. The van der Waals surface area contributed by atoms with E-state index in [-0.39, 0.29) is 12.4 Å². The molecule has 0 spiro atoms. The Hall–Kier alpha value is -2.06. The Labute approximate surface area is 119 Å². The molecule has 0 radical (unpaired) electrons. The van der Waals surface area contributed by atoms with E-state index in [0.29, 0.717) is 25.3 Å². The molecule has 1 aromatic rings. The highest BCUT2D eigenvalue weighted by molar-refractivity contribution is 5.70. The molecule has 5 heteroatoms. The average molecular weight is 276 g/mol. The molecule has 0 saturated carbocycles. The van der Waals surface area contributed by atoms with Gasteiger partial charge in [-0.05, 0) is 24.6 Å². The van der Waals surface area contributed by atoms with Gasteiger partial charge in [-0.15, -0.1) is 0 Å². The SMILES string of the molecule is COCCN(CCC(=O)OC)c1ccc(C)cc1C#N. The summed E-state index contributed by atoms with van der Waals surface area (Å²) in [4.78, 5) is 13.3. The molecule has 20 heavy (non-hydrogen) atoms. The lowest BCUT2D eigenvalue weighted by Gasteiger charge is -2.25. The lowest BCUT2D eigenvalue weighted by atomic mass is 10.1. The topological polar surface area (TPSA) is 62.6 Å². The van der Waals surface area contributed by atoms with Gasteiger partial charge in [0.05, 0.1) is 31.4 Å². The number of hydrogen-bond acceptors (Lipinski definition) is 5. The van der Waals surface area contributed by atoms with E-state index in [1.54, 1.807) is 7.11 Å². The lowest BCUT2D eigenvalue weighted by Crippen LogP contribution is -2.30. The minimum atomic E-state index is -0.266. The van der Waals surface area contributed by atoms with Gasteiger partial charge < -0.3 is 14.4 Å². The number of carbonyl (C=O) groups excluding carboxylic acids is 1. The van der Waals surface area contributed by atoms with Crippen molar-refractivity contribution in [2.24, 2.45) is 0 Å². The summed E-state index contributed by atoms with van der Waals surface area (Å²) in [5.41, 5.74) is 2.45. The maximum Gasteiger partial charge on any atom is 0.307 e. The minimum absolute atomic E-state index is 0.266. The third-order valence-electron chi connectivity index (χ3n) is 2.99. The first-order valence-corrected chi connectivity index (χ1v) is 6.43. The van der Waals surface area contributed by atoms with Crippen LogP contribution in [0.25, 0.3) is 0 Å². The number of rotatable bonds is 7. The second-order valence-electron chi connectivity index (χ2n) is 4.44. The number of benzene rings is 1. The van der Waals surface area contributed by atoms with Crippen LogP contribution in [0, 0.1) is 18.3 Å². The fourth-order valence-electron chi connectivity index (χ4n) is 1.90. The van der Waals surface area contributed by atoms with Gasteiger partial charge in [0.25, 0.3) is 0 Å². The van der Waals surface area contributed by atoms with Crippen LogP contribution in [-0.4, -0.2) is 39.9 Å². The van der Waals surface area contributed by atoms with Gasteiger partial charge in [-0.3, -0.25) is 4.79 Å². The van der Waals surface area contributed by atoms with Gasteiger partial charge in [-0.2, -0.15) is 5.26 Å². The van der Waals surface area contributed by atoms with Crippen molar-refractivity contribution in [3.05, 3.63) is 29.3 Å². The summed E-state index contributed by atoms with van der Waals surface area (Å²) in [7, 11) is 2.99. The molecule has 0 saturated heterocycles. The first-order valence-electron chi connectivity index (χ1n) is 6.43. The Morgan fingerprint density at radius 1 is 1.35 bits per heavy atom. The van der Waals surface area contributed by atoms with Crippen LogP contribution < -0.4 is 4.90 Å². The average Bonchev–Trinajstić information content (AvgIpc) is 2.47. The number of aryl methyl sites for hydroxylation is 1. The number of hydrogen-bond donors (Lipinski definition) is 0. The van der Waals surface area contributed by atoms with E-state index in [4.69, 9.17) is 4.74 Å². The molecule has 0 heterocycles. The minimum Gasteiger partial charge on any atom is -0.469 e. The van der Waals surface area contributed by atoms with Crippen LogP contribution in [0.5, 0.6) is 0 Å². The van der Waals surface area contributed by atoms with E-state index in [9.17, 15) is 10.1 Å². The number of anilines is 1. The van der Waals surface area contributed by atoms with E-state index in [1.165, 1.54) is 7.11 Å². The largest absolute Gasteiger partial charge is 0.469 e. The van der Waals surface area contributed by atoms with Crippen LogP contribution in [-0.2, 0) is 14.3 Å². The maximum atomic E-state index is 11.3. The maximum absolute atomic E-state index is 11.3. The van der Waals surface area contributed by atoms with Gasteiger partial charge in [0, 0.05) is 20.2 Å². The first kappa shape index (κ1) is 16.0. The smallest absolute Gasteiger partial charge is 0.307 e. The Kier molecular flexibility index (Phi) is 6.54. The van der Waals surface area contributed by atoms with E-state index < -0.39 is 0 Å². The van der Waals surface area contributed by atoms with Crippen molar-refractivity contribution in [3.63, 3.8) is 0 Å². The van der Waals surface area contributed by atoms with E-state index in [1.807, 2.05) is 30.0 Å². The Morgan fingerprint density at radius 3 is 2.70 bits per heavy atom. The Bertz CT molecular complexity index is 494. The van der Waals surface area contributed by atoms with Crippen LogP contribution in [0.3, 0.4) is 0 Å². The molecule has 0 atom stereocenters. The van der Waals surface area contributed by atoms with Gasteiger partial charge in [-0.25, -0.2) is 0 Å². The van der Waals surface area contributed by atoms with Gasteiger partial charge >= 0.3 is 5.97 Å². The molecular formula is C15H20N2O3. The lowest BCUT2D eigenvalue weighted by molar-refractivity contribution is -0.140. The summed E-state index contributed by atoms with van der Waals surface area (Å²) in [6.07, 6.45) is 0.277. The van der Waals surface area contributed by atoms with Crippen LogP contribution in [0.15, 0.2) is 18.2 Å². The van der Waals surface area contributed by atoms with E-state index >= 15 is 0 Å².